The highest BCUT2D eigenvalue weighted by Crippen LogP contribution is 2.19. The smallest absolute Gasteiger partial charge is 0.258 e. The van der Waals surface area contributed by atoms with E-state index in [0.717, 1.165) is 33.3 Å². The monoisotopic (exact) mass is 442 g/mol. The SMILES string of the molecule is Cc1ccc(C(=O)NC(=NCCc2c[nH]c3ccccc23)Nc2cccc(C)c2C)cc1F. The highest BCUT2D eigenvalue weighted by Gasteiger charge is 2.13. The Morgan fingerprint density at radius 2 is 1.82 bits per heavy atom. The van der Waals surface area contributed by atoms with Crippen molar-refractivity contribution < 1.29 is 9.18 Å². The summed E-state index contributed by atoms with van der Waals surface area (Å²) in [4.78, 5) is 20.7. The number of aromatic amines is 1. The van der Waals surface area contributed by atoms with Crippen molar-refractivity contribution >= 4 is 28.5 Å². The third-order valence-electron chi connectivity index (χ3n) is 5.85. The fourth-order valence-corrected chi connectivity index (χ4v) is 3.66. The summed E-state index contributed by atoms with van der Waals surface area (Å²) in [5.41, 5.74) is 6.03. The van der Waals surface area contributed by atoms with Gasteiger partial charge in [0.2, 0.25) is 5.96 Å². The number of carbonyl (C=O) groups excluding carboxylic acids is 1. The predicted octanol–water partition coefficient (Wildman–Crippen LogP) is 5.67. The van der Waals surface area contributed by atoms with Crippen LogP contribution < -0.4 is 10.6 Å². The molecule has 33 heavy (non-hydrogen) atoms. The summed E-state index contributed by atoms with van der Waals surface area (Å²) in [5, 5.41) is 7.23. The topological polar surface area (TPSA) is 69.3 Å². The number of anilines is 1. The van der Waals surface area contributed by atoms with Crippen LogP contribution in [0.1, 0.15) is 32.6 Å². The molecule has 1 heterocycles. The van der Waals surface area contributed by atoms with Crippen LogP contribution >= 0.6 is 0 Å². The maximum atomic E-state index is 14.0. The lowest BCUT2D eigenvalue weighted by atomic mass is 10.1. The Labute approximate surface area is 192 Å². The molecule has 0 saturated heterocycles. The van der Waals surface area contributed by atoms with E-state index >= 15 is 0 Å². The van der Waals surface area contributed by atoms with E-state index in [1.165, 1.54) is 6.07 Å². The van der Waals surface area contributed by atoms with E-state index in [9.17, 15) is 9.18 Å². The predicted molar refractivity (Wildman–Crippen MR) is 132 cm³/mol. The second kappa shape index (κ2) is 9.69. The maximum absolute atomic E-state index is 14.0. The van der Waals surface area contributed by atoms with Crippen LogP contribution in [0, 0.1) is 26.6 Å². The van der Waals surface area contributed by atoms with E-state index in [1.54, 1.807) is 19.1 Å². The largest absolute Gasteiger partial charge is 0.361 e. The van der Waals surface area contributed by atoms with E-state index in [0.29, 0.717) is 24.5 Å². The van der Waals surface area contributed by atoms with Gasteiger partial charge in [-0.15, -0.1) is 0 Å². The molecule has 0 fully saturated rings. The van der Waals surface area contributed by atoms with Crippen LogP contribution in [-0.2, 0) is 6.42 Å². The summed E-state index contributed by atoms with van der Waals surface area (Å²) in [5.74, 6) is -0.505. The molecule has 0 aliphatic carbocycles. The molecule has 0 aliphatic heterocycles. The zero-order valence-electron chi connectivity index (χ0n) is 19.0. The summed E-state index contributed by atoms with van der Waals surface area (Å²) in [6.07, 6.45) is 2.70. The summed E-state index contributed by atoms with van der Waals surface area (Å²) >= 11 is 0. The summed E-state index contributed by atoms with van der Waals surface area (Å²) in [6, 6.07) is 18.5. The van der Waals surface area contributed by atoms with Crippen LogP contribution in [0.2, 0.25) is 0 Å². The minimum absolute atomic E-state index is 0.241. The quantitative estimate of drug-likeness (QED) is 0.275. The van der Waals surface area contributed by atoms with Crippen LogP contribution in [-0.4, -0.2) is 23.4 Å². The van der Waals surface area contributed by atoms with Gasteiger partial charge in [0.1, 0.15) is 5.82 Å². The third-order valence-corrected chi connectivity index (χ3v) is 5.85. The molecular formula is C27H27FN4O. The first kappa shape index (κ1) is 22.3. The lowest BCUT2D eigenvalue weighted by Gasteiger charge is -2.15. The molecule has 4 rings (SSSR count). The van der Waals surface area contributed by atoms with Gasteiger partial charge in [-0.1, -0.05) is 36.4 Å². The van der Waals surface area contributed by atoms with Crippen LogP contribution in [0.15, 0.2) is 71.9 Å². The number of benzene rings is 3. The van der Waals surface area contributed by atoms with Crippen LogP contribution in [0.4, 0.5) is 10.1 Å². The molecular weight excluding hydrogens is 415 g/mol. The first-order chi connectivity index (χ1) is 15.9. The number of carbonyl (C=O) groups is 1. The van der Waals surface area contributed by atoms with Crippen LogP contribution in [0.3, 0.4) is 0 Å². The second-order valence-electron chi connectivity index (χ2n) is 8.13. The molecule has 0 aliphatic rings. The fraction of sp³-hybridized carbons (Fsp3) is 0.185. The Morgan fingerprint density at radius 3 is 2.64 bits per heavy atom. The average molecular weight is 443 g/mol. The number of nitrogens with zero attached hydrogens (tertiary/aromatic N) is 1. The Hall–Kier alpha value is -3.93. The molecule has 0 radical (unpaired) electrons. The second-order valence-corrected chi connectivity index (χ2v) is 8.13. The number of aryl methyl sites for hydroxylation is 2. The van der Waals surface area contributed by atoms with Gasteiger partial charge in [0.15, 0.2) is 0 Å². The fourth-order valence-electron chi connectivity index (χ4n) is 3.66. The van der Waals surface area contributed by atoms with Gasteiger partial charge in [0, 0.05) is 34.9 Å². The Kier molecular flexibility index (Phi) is 6.54. The molecule has 3 aromatic carbocycles. The van der Waals surface area contributed by atoms with Crippen LogP contribution in [0.25, 0.3) is 10.9 Å². The minimum atomic E-state index is -0.419. The number of H-pyrrole nitrogens is 1. The van der Waals surface area contributed by atoms with Gasteiger partial charge in [-0.3, -0.25) is 15.1 Å². The van der Waals surface area contributed by atoms with Gasteiger partial charge in [-0.25, -0.2) is 4.39 Å². The van der Waals surface area contributed by atoms with Crippen molar-refractivity contribution in [3.05, 3.63) is 100 Å². The lowest BCUT2D eigenvalue weighted by molar-refractivity contribution is 0.0976. The molecule has 4 aromatic rings. The zero-order chi connectivity index (χ0) is 23.4. The number of para-hydroxylation sites is 1. The van der Waals surface area contributed by atoms with Crippen LogP contribution in [0.5, 0.6) is 0 Å². The molecule has 168 valence electrons. The first-order valence-corrected chi connectivity index (χ1v) is 10.9. The molecule has 1 amide bonds. The third kappa shape index (κ3) is 5.12. The van der Waals surface area contributed by atoms with Crippen molar-refractivity contribution in [3.63, 3.8) is 0 Å². The molecule has 3 N–H and O–H groups in total. The molecule has 0 unspecified atom stereocenters. The average Bonchev–Trinajstić information content (AvgIpc) is 3.21. The normalized spacial score (nSPS) is 11.6. The van der Waals surface area contributed by atoms with E-state index in [-0.39, 0.29) is 5.56 Å². The van der Waals surface area contributed by atoms with Gasteiger partial charge >= 0.3 is 0 Å². The maximum Gasteiger partial charge on any atom is 0.258 e. The number of rotatable bonds is 5. The van der Waals surface area contributed by atoms with Crippen molar-refractivity contribution in [1.82, 2.24) is 10.3 Å². The molecule has 0 saturated carbocycles. The van der Waals surface area contributed by atoms with E-state index in [4.69, 9.17) is 0 Å². The number of halogens is 1. The zero-order valence-corrected chi connectivity index (χ0v) is 19.0. The van der Waals surface area contributed by atoms with Crippen molar-refractivity contribution in [2.45, 2.75) is 27.2 Å². The first-order valence-electron chi connectivity index (χ1n) is 10.9. The number of amides is 1. The molecule has 5 nitrogen and oxygen atoms in total. The van der Waals surface area contributed by atoms with Gasteiger partial charge in [-0.05, 0) is 73.7 Å². The number of guanidine groups is 1. The Bertz CT molecular complexity index is 1340. The Morgan fingerprint density at radius 1 is 1.00 bits per heavy atom. The van der Waals surface area contributed by atoms with E-state index in [1.807, 2.05) is 56.4 Å². The molecule has 0 spiro atoms. The minimum Gasteiger partial charge on any atom is -0.361 e. The summed E-state index contributed by atoms with van der Waals surface area (Å²) < 4.78 is 14.0. The number of aromatic nitrogens is 1. The number of hydrogen-bond donors (Lipinski definition) is 3. The number of nitrogens with one attached hydrogen (secondary N) is 3. The van der Waals surface area contributed by atoms with Gasteiger partial charge in [0.05, 0.1) is 0 Å². The Balaban J connectivity index is 1.56. The molecule has 0 bridgehead atoms. The number of hydrogen-bond acceptors (Lipinski definition) is 2. The molecule has 0 atom stereocenters. The van der Waals surface area contributed by atoms with Crippen molar-refractivity contribution in [2.24, 2.45) is 4.99 Å². The highest BCUT2D eigenvalue weighted by molar-refractivity contribution is 6.10. The standard InChI is InChI=1S/C27H27FN4O/c1-17-7-6-10-24(19(17)3)31-27(32-26(33)20-12-11-18(2)23(28)15-20)29-14-13-21-16-30-25-9-5-4-8-22(21)25/h4-12,15-16,30H,13-14H2,1-3H3,(H2,29,31,32,33). The lowest BCUT2D eigenvalue weighted by Crippen LogP contribution is -2.36. The highest BCUT2D eigenvalue weighted by atomic mass is 19.1. The number of aliphatic imine (C=N–C) groups is 1. The van der Waals surface area contributed by atoms with Gasteiger partial charge < -0.3 is 10.3 Å². The van der Waals surface area contributed by atoms with Crippen molar-refractivity contribution in [2.75, 3.05) is 11.9 Å². The number of fused-ring (bicyclic) bond motifs is 1. The summed E-state index contributed by atoms with van der Waals surface area (Å²) in [6.45, 7) is 6.18. The van der Waals surface area contributed by atoms with E-state index in [2.05, 4.69) is 26.7 Å². The molecule has 6 heteroatoms. The van der Waals surface area contributed by atoms with E-state index < -0.39 is 11.7 Å². The van der Waals surface area contributed by atoms with Gasteiger partial charge in [-0.2, -0.15) is 0 Å². The molecule has 1 aromatic heterocycles. The van der Waals surface area contributed by atoms with Gasteiger partial charge in [0.25, 0.3) is 5.91 Å². The van der Waals surface area contributed by atoms with Crippen molar-refractivity contribution in [1.29, 1.82) is 0 Å². The summed E-state index contributed by atoms with van der Waals surface area (Å²) in [7, 11) is 0. The van der Waals surface area contributed by atoms with Crippen molar-refractivity contribution in [3.8, 4) is 0 Å².